The third kappa shape index (κ3) is 3.78. The number of hydrogen-bond acceptors (Lipinski definition) is 5. The van der Waals surface area contributed by atoms with Gasteiger partial charge in [0.15, 0.2) is 0 Å². The second kappa shape index (κ2) is 8.00. The van der Waals surface area contributed by atoms with E-state index in [1.54, 1.807) is 13.2 Å². The fourth-order valence-corrected chi connectivity index (χ4v) is 3.74. The summed E-state index contributed by atoms with van der Waals surface area (Å²) in [6.45, 7) is 5.91. The van der Waals surface area contributed by atoms with Crippen LogP contribution in [0.2, 0.25) is 0 Å². The van der Waals surface area contributed by atoms with Gasteiger partial charge in [-0.05, 0) is 44.4 Å². The van der Waals surface area contributed by atoms with E-state index in [0.29, 0.717) is 28.3 Å². The Kier molecular flexibility index (Phi) is 5.70. The van der Waals surface area contributed by atoms with Crippen LogP contribution in [0.4, 0.5) is 5.69 Å². The first kappa shape index (κ1) is 19.2. The van der Waals surface area contributed by atoms with E-state index in [9.17, 15) is 9.59 Å². The molecule has 0 radical (unpaired) electrons. The van der Waals surface area contributed by atoms with Gasteiger partial charge in [0.1, 0.15) is 11.4 Å². The van der Waals surface area contributed by atoms with Crippen molar-refractivity contribution in [3.05, 3.63) is 23.9 Å². The third-order valence-electron chi connectivity index (χ3n) is 5.26. The highest BCUT2D eigenvalue weighted by Crippen LogP contribution is 2.36. The lowest BCUT2D eigenvalue weighted by molar-refractivity contribution is -0.121. The van der Waals surface area contributed by atoms with Gasteiger partial charge in [0.2, 0.25) is 5.91 Å². The Morgan fingerprint density at radius 1 is 1.33 bits per heavy atom. The zero-order valence-corrected chi connectivity index (χ0v) is 16.3. The number of piperidine rings is 1. The van der Waals surface area contributed by atoms with Gasteiger partial charge in [0.25, 0.3) is 0 Å². The van der Waals surface area contributed by atoms with Crippen molar-refractivity contribution in [2.45, 2.75) is 32.7 Å². The van der Waals surface area contributed by atoms with Gasteiger partial charge in [-0.1, -0.05) is 13.0 Å². The molecule has 0 unspecified atom stereocenters. The molecule has 7 heteroatoms. The van der Waals surface area contributed by atoms with Gasteiger partial charge in [0.05, 0.1) is 36.9 Å². The average Bonchev–Trinajstić information content (AvgIpc) is 3.05. The Hall–Kier alpha value is -2.54. The van der Waals surface area contributed by atoms with E-state index in [0.717, 1.165) is 19.5 Å². The molecule has 2 heterocycles. The minimum atomic E-state index is -0.539. The Morgan fingerprint density at radius 3 is 2.78 bits per heavy atom. The number of amides is 1. The standard InChI is InChI=1S/C20H27N3O4/c1-12-7-6-10-23(11-12)13(2)19(24)22-17-16-14(8-5-9-15(16)26-3)21-18(17)20(25)27-4/h5,8-9,12-13,21H,6-7,10-11H2,1-4H3,(H,22,24)/t12-,13+/m1/s1. The van der Waals surface area contributed by atoms with E-state index in [-0.39, 0.29) is 17.6 Å². The lowest BCUT2D eigenvalue weighted by Gasteiger charge is -2.34. The van der Waals surface area contributed by atoms with Crippen molar-refractivity contribution >= 4 is 28.5 Å². The Balaban J connectivity index is 1.94. The smallest absolute Gasteiger partial charge is 0.356 e. The van der Waals surface area contributed by atoms with Crippen LogP contribution >= 0.6 is 0 Å². The van der Waals surface area contributed by atoms with Gasteiger partial charge in [-0.25, -0.2) is 4.79 Å². The number of benzene rings is 1. The van der Waals surface area contributed by atoms with E-state index in [1.165, 1.54) is 13.5 Å². The molecule has 1 aliphatic rings. The zero-order valence-electron chi connectivity index (χ0n) is 16.3. The summed E-state index contributed by atoms with van der Waals surface area (Å²) in [5.74, 6) is 0.463. The summed E-state index contributed by atoms with van der Waals surface area (Å²) in [7, 11) is 2.87. The first-order valence-electron chi connectivity index (χ1n) is 9.28. The molecule has 2 N–H and O–H groups in total. The third-order valence-corrected chi connectivity index (χ3v) is 5.26. The molecule has 1 saturated heterocycles. The number of anilines is 1. The number of nitrogens with one attached hydrogen (secondary N) is 2. The van der Waals surface area contributed by atoms with Crippen molar-refractivity contribution in [1.29, 1.82) is 0 Å². The number of esters is 1. The molecule has 1 aliphatic heterocycles. The largest absolute Gasteiger partial charge is 0.496 e. The van der Waals surface area contributed by atoms with Crippen LogP contribution in [0.15, 0.2) is 18.2 Å². The molecule has 0 aliphatic carbocycles. The molecule has 1 fully saturated rings. The van der Waals surface area contributed by atoms with E-state index >= 15 is 0 Å². The number of aromatic amines is 1. The number of H-pyrrole nitrogens is 1. The summed E-state index contributed by atoms with van der Waals surface area (Å²) < 4.78 is 10.3. The van der Waals surface area contributed by atoms with Crippen LogP contribution < -0.4 is 10.1 Å². The summed E-state index contributed by atoms with van der Waals surface area (Å²) in [5, 5.41) is 3.60. The highest BCUT2D eigenvalue weighted by atomic mass is 16.5. The molecule has 146 valence electrons. The highest BCUT2D eigenvalue weighted by Gasteiger charge is 2.28. The second-order valence-electron chi connectivity index (χ2n) is 7.16. The van der Waals surface area contributed by atoms with Gasteiger partial charge in [-0.15, -0.1) is 0 Å². The number of likely N-dealkylation sites (tertiary alicyclic amines) is 1. The van der Waals surface area contributed by atoms with Gasteiger partial charge < -0.3 is 19.8 Å². The maximum absolute atomic E-state index is 13.0. The van der Waals surface area contributed by atoms with E-state index < -0.39 is 5.97 Å². The van der Waals surface area contributed by atoms with Crippen LogP contribution in [0.1, 0.15) is 37.2 Å². The molecule has 1 aromatic carbocycles. The summed E-state index contributed by atoms with van der Waals surface area (Å²) in [5.41, 5.74) is 1.31. The molecular formula is C20H27N3O4. The number of fused-ring (bicyclic) bond motifs is 1. The Morgan fingerprint density at radius 2 is 2.11 bits per heavy atom. The molecule has 3 rings (SSSR count). The quantitative estimate of drug-likeness (QED) is 0.787. The molecule has 2 atom stereocenters. The first-order valence-corrected chi connectivity index (χ1v) is 9.28. The molecule has 0 spiro atoms. The van der Waals surface area contributed by atoms with Gasteiger partial charge in [-0.2, -0.15) is 0 Å². The predicted molar refractivity (Wildman–Crippen MR) is 104 cm³/mol. The molecule has 2 aromatic rings. The van der Waals surface area contributed by atoms with E-state index in [4.69, 9.17) is 9.47 Å². The summed E-state index contributed by atoms with van der Waals surface area (Å²) in [6.07, 6.45) is 2.28. The molecule has 1 amide bonds. The number of hydrogen-bond donors (Lipinski definition) is 2. The van der Waals surface area contributed by atoms with Crippen LogP contribution in [-0.4, -0.2) is 55.1 Å². The molecule has 0 bridgehead atoms. The van der Waals surface area contributed by atoms with Crippen LogP contribution in [0.3, 0.4) is 0 Å². The van der Waals surface area contributed by atoms with Gasteiger partial charge >= 0.3 is 5.97 Å². The Bertz CT molecular complexity index is 845. The predicted octanol–water partition coefficient (Wildman–Crippen LogP) is 3.02. The number of methoxy groups -OCH3 is 2. The van der Waals surface area contributed by atoms with Crippen molar-refractivity contribution < 1.29 is 19.1 Å². The SMILES string of the molecule is COC(=O)c1[nH]c2cccc(OC)c2c1NC(=O)[C@H](C)N1CCC[C@@H](C)C1. The van der Waals surface area contributed by atoms with Crippen molar-refractivity contribution in [2.24, 2.45) is 5.92 Å². The average molecular weight is 373 g/mol. The summed E-state index contributed by atoms with van der Waals surface area (Å²) in [4.78, 5) is 30.4. The van der Waals surface area contributed by atoms with E-state index in [2.05, 4.69) is 22.1 Å². The lowest BCUT2D eigenvalue weighted by Crippen LogP contribution is -2.46. The topological polar surface area (TPSA) is 83.7 Å². The number of ether oxygens (including phenoxy) is 2. The minimum Gasteiger partial charge on any atom is -0.496 e. The number of nitrogens with zero attached hydrogens (tertiary/aromatic N) is 1. The maximum atomic E-state index is 13.0. The van der Waals surface area contributed by atoms with Gasteiger partial charge in [-0.3, -0.25) is 9.69 Å². The van der Waals surface area contributed by atoms with Crippen molar-refractivity contribution in [1.82, 2.24) is 9.88 Å². The molecule has 0 saturated carbocycles. The number of aromatic nitrogens is 1. The van der Waals surface area contributed by atoms with Crippen molar-refractivity contribution in [3.63, 3.8) is 0 Å². The number of carbonyl (C=O) groups excluding carboxylic acids is 2. The van der Waals surface area contributed by atoms with Crippen molar-refractivity contribution in [2.75, 3.05) is 32.6 Å². The van der Waals surface area contributed by atoms with Crippen molar-refractivity contribution in [3.8, 4) is 5.75 Å². The van der Waals surface area contributed by atoms with Crippen LogP contribution in [0.25, 0.3) is 10.9 Å². The fourth-order valence-electron chi connectivity index (χ4n) is 3.74. The summed E-state index contributed by atoms with van der Waals surface area (Å²) >= 11 is 0. The monoisotopic (exact) mass is 373 g/mol. The molecule has 7 nitrogen and oxygen atoms in total. The van der Waals surface area contributed by atoms with Gasteiger partial charge in [0, 0.05) is 6.54 Å². The molecule has 1 aromatic heterocycles. The number of carbonyl (C=O) groups is 2. The molecule has 27 heavy (non-hydrogen) atoms. The highest BCUT2D eigenvalue weighted by molar-refractivity contribution is 6.13. The normalized spacial score (nSPS) is 18.9. The number of rotatable bonds is 5. The van der Waals surface area contributed by atoms with Crippen LogP contribution in [-0.2, 0) is 9.53 Å². The second-order valence-corrected chi connectivity index (χ2v) is 7.16. The maximum Gasteiger partial charge on any atom is 0.356 e. The minimum absolute atomic E-state index is 0.152. The lowest BCUT2D eigenvalue weighted by atomic mass is 9.99. The van der Waals surface area contributed by atoms with Crippen LogP contribution in [0.5, 0.6) is 5.75 Å². The van der Waals surface area contributed by atoms with E-state index in [1.807, 2.05) is 19.1 Å². The fraction of sp³-hybridized carbons (Fsp3) is 0.500. The summed E-state index contributed by atoms with van der Waals surface area (Å²) in [6, 6.07) is 5.15. The zero-order chi connectivity index (χ0) is 19.6. The van der Waals surface area contributed by atoms with Crippen LogP contribution in [0, 0.1) is 5.92 Å². The first-order chi connectivity index (χ1) is 13.0. The Labute approximate surface area is 159 Å². The molecular weight excluding hydrogens is 346 g/mol.